The summed E-state index contributed by atoms with van der Waals surface area (Å²) in [5, 5.41) is 5.22. The van der Waals surface area contributed by atoms with E-state index in [9.17, 15) is 9.59 Å². The summed E-state index contributed by atoms with van der Waals surface area (Å²) >= 11 is 1.41. The molecule has 0 spiro atoms. The van der Waals surface area contributed by atoms with Crippen molar-refractivity contribution in [3.05, 3.63) is 78.4 Å². The van der Waals surface area contributed by atoms with Gasteiger partial charge in [-0.1, -0.05) is 60.7 Å². The van der Waals surface area contributed by atoms with Crippen molar-refractivity contribution in [1.82, 2.24) is 5.32 Å². The molecule has 0 unspecified atom stereocenters. The van der Waals surface area contributed by atoms with Gasteiger partial charge in [0.15, 0.2) is 0 Å². The van der Waals surface area contributed by atoms with Crippen molar-refractivity contribution in [2.24, 2.45) is 0 Å². The van der Waals surface area contributed by atoms with Gasteiger partial charge in [-0.05, 0) is 35.7 Å². The van der Waals surface area contributed by atoms with E-state index in [-0.39, 0.29) is 17.7 Å². The SMILES string of the molecule is O=C(CSc1ccc2ccccc2c1)O[C@@H](C(=O)NC1CC1)c1ccccc1. The highest BCUT2D eigenvalue weighted by atomic mass is 32.2. The lowest BCUT2D eigenvalue weighted by Crippen LogP contribution is -2.33. The molecule has 0 aliphatic heterocycles. The van der Waals surface area contributed by atoms with Crippen molar-refractivity contribution in [2.45, 2.75) is 29.9 Å². The first-order valence-corrected chi connectivity index (χ1v) is 10.3. The Labute approximate surface area is 168 Å². The maximum Gasteiger partial charge on any atom is 0.317 e. The minimum Gasteiger partial charge on any atom is -0.447 e. The van der Waals surface area contributed by atoms with Crippen LogP contribution in [0.25, 0.3) is 10.8 Å². The summed E-state index contributed by atoms with van der Waals surface area (Å²) in [6.45, 7) is 0. The van der Waals surface area contributed by atoms with Crippen LogP contribution in [0.3, 0.4) is 0 Å². The van der Waals surface area contributed by atoms with Crippen molar-refractivity contribution in [3.8, 4) is 0 Å². The highest BCUT2D eigenvalue weighted by Crippen LogP contribution is 2.26. The van der Waals surface area contributed by atoms with Gasteiger partial charge in [0.05, 0.1) is 5.75 Å². The van der Waals surface area contributed by atoms with Crippen molar-refractivity contribution in [1.29, 1.82) is 0 Å². The van der Waals surface area contributed by atoms with Gasteiger partial charge >= 0.3 is 5.97 Å². The van der Waals surface area contributed by atoms with Crippen LogP contribution in [0.5, 0.6) is 0 Å². The Balaban J connectivity index is 1.41. The van der Waals surface area contributed by atoms with E-state index >= 15 is 0 Å². The molecule has 142 valence electrons. The molecule has 1 aliphatic rings. The van der Waals surface area contributed by atoms with Crippen LogP contribution < -0.4 is 5.32 Å². The van der Waals surface area contributed by atoms with Crippen molar-refractivity contribution in [3.63, 3.8) is 0 Å². The molecule has 1 fully saturated rings. The molecule has 4 nitrogen and oxygen atoms in total. The van der Waals surface area contributed by atoms with Gasteiger partial charge in [0, 0.05) is 16.5 Å². The molecule has 1 atom stereocenters. The van der Waals surface area contributed by atoms with E-state index in [4.69, 9.17) is 4.74 Å². The largest absolute Gasteiger partial charge is 0.447 e. The average molecular weight is 391 g/mol. The number of amides is 1. The molecule has 1 amide bonds. The van der Waals surface area contributed by atoms with Gasteiger partial charge in [-0.3, -0.25) is 9.59 Å². The second-order valence-electron chi connectivity index (χ2n) is 6.86. The molecule has 0 aromatic heterocycles. The maximum absolute atomic E-state index is 12.6. The standard InChI is InChI=1S/C23H21NO3S/c25-21(15-28-20-13-10-16-6-4-5-9-18(16)14-20)27-22(17-7-2-1-3-8-17)23(26)24-19-11-12-19/h1-10,13-14,19,22H,11-12,15H2,(H,24,26)/t22-/m1/s1. The van der Waals surface area contributed by atoms with Crippen LogP contribution in [0.15, 0.2) is 77.7 Å². The first-order chi connectivity index (χ1) is 13.7. The van der Waals surface area contributed by atoms with Gasteiger partial charge in [0.2, 0.25) is 6.10 Å². The van der Waals surface area contributed by atoms with Gasteiger partial charge in [0.1, 0.15) is 0 Å². The van der Waals surface area contributed by atoms with E-state index < -0.39 is 12.1 Å². The maximum atomic E-state index is 12.6. The summed E-state index contributed by atoms with van der Waals surface area (Å²) in [5.74, 6) is -0.506. The zero-order valence-electron chi connectivity index (χ0n) is 15.3. The van der Waals surface area contributed by atoms with E-state index in [1.54, 1.807) is 12.1 Å². The highest BCUT2D eigenvalue weighted by Gasteiger charge is 2.30. The van der Waals surface area contributed by atoms with Gasteiger partial charge < -0.3 is 10.1 Å². The summed E-state index contributed by atoms with van der Waals surface area (Å²) in [6.07, 6.45) is 1.06. The Morgan fingerprint density at radius 2 is 1.68 bits per heavy atom. The predicted octanol–water partition coefficient (Wildman–Crippen LogP) is 4.50. The number of hydrogen-bond acceptors (Lipinski definition) is 4. The van der Waals surface area contributed by atoms with Crippen LogP contribution in [0.4, 0.5) is 0 Å². The fourth-order valence-corrected chi connectivity index (χ4v) is 3.70. The van der Waals surface area contributed by atoms with Crippen molar-refractivity contribution in [2.75, 3.05) is 5.75 Å². The van der Waals surface area contributed by atoms with Crippen LogP contribution in [0, 0.1) is 0 Å². The third-order valence-electron chi connectivity index (χ3n) is 4.59. The van der Waals surface area contributed by atoms with Crippen LogP contribution >= 0.6 is 11.8 Å². The van der Waals surface area contributed by atoms with Crippen molar-refractivity contribution >= 4 is 34.4 Å². The first kappa shape index (κ1) is 18.6. The van der Waals surface area contributed by atoms with Gasteiger partial charge in [-0.2, -0.15) is 0 Å². The first-order valence-electron chi connectivity index (χ1n) is 9.35. The summed E-state index contributed by atoms with van der Waals surface area (Å²) in [7, 11) is 0. The van der Waals surface area contributed by atoms with Crippen LogP contribution in [-0.2, 0) is 14.3 Å². The van der Waals surface area contributed by atoms with E-state index in [0.29, 0.717) is 5.56 Å². The third-order valence-corrected chi connectivity index (χ3v) is 5.56. The topological polar surface area (TPSA) is 55.4 Å². The number of rotatable bonds is 7. The number of benzene rings is 3. The molecule has 0 radical (unpaired) electrons. The predicted molar refractivity (Wildman–Crippen MR) is 111 cm³/mol. The van der Waals surface area contributed by atoms with Crippen LogP contribution in [-0.4, -0.2) is 23.7 Å². The number of fused-ring (bicyclic) bond motifs is 1. The quantitative estimate of drug-likeness (QED) is 0.476. The Kier molecular flexibility index (Phi) is 5.63. The minimum absolute atomic E-state index is 0.151. The molecule has 1 saturated carbocycles. The molecule has 5 heteroatoms. The van der Waals surface area contributed by atoms with E-state index in [0.717, 1.165) is 28.5 Å². The molecule has 4 rings (SSSR count). The van der Waals surface area contributed by atoms with E-state index in [2.05, 4.69) is 17.4 Å². The second kappa shape index (κ2) is 8.48. The summed E-state index contributed by atoms with van der Waals surface area (Å²) < 4.78 is 5.56. The number of esters is 1. The minimum atomic E-state index is -0.911. The fraction of sp³-hybridized carbons (Fsp3) is 0.217. The number of ether oxygens (including phenoxy) is 1. The molecular weight excluding hydrogens is 370 g/mol. The molecule has 1 aliphatic carbocycles. The van der Waals surface area contributed by atoms with E-state index in [1.165, 1.54) is 11.8 Å². The molecule has 0 saturated heterocycles. The molecule has 3 aromatic rings. The smallest absolute Gasteiger partial charge is 0.317 e. The fourth-order valence-electron chi connectivity index (χ4n) is 2.97. The Bertz CT molecular complexity index is 985. The van der Waals surface area contributed by atoms with Crippen molar-refractivity contribution < 1.29 is 14.3 Å². The lowest BCUT2D eigenvalue weighted by Gasteiger charge is -2.18. The summed E-state index contributed by atoms with van der Waals surface area (Å²) in [4.78, 5) is 26.0. The lowest BCUT2D eigenvalue weighted by atomic mass is 10.1. The second-order valence-corrected chi connectivity index (χ2v) is 7.91. The monoisotopic (exact) mass is 391 g/mol. The number of thioether (sulfide) groups is 1. The Hall–Kier alpha value is -2.79. The highest BCUT2D eigenvalue weighted by molar-refractivity contribution is 8.00. The van der Waals surface area contributed by atoms with Gasteiger partial charge in [0.25, 0.3) is 5.91 Å². The Morgan fingerprint density at radius 1 is 0.964 bits per heavy atom. The van der Waals surface area contributed by atoms with Gasteiger partial charge in [-0.15, -0.1) is 11.8 Å². The lowest BCUT2D eigenvalue weighted by molar-refractivity contribution is -0.154. The van der Waals surface area contributed by atoms with Crippen LogP contribution in [0.1, 0.15) is 24.5 Å². The number of nitrogens with one attached hydrogen (secondary N) is 1. The molecule has 3 aromatic carbocycles. The molecule has 0 heterocycles. The zero-order chi connectivity index (χ0) is 19.3. The molecular formula is C23H21NO3S. The molecule has 1 N–H and O–H groups in total. The number of carbonyl (C=O) groups is 2. The molecule has 0 bridgehead atoms. The normalized spacial score (nSPS) is 14.4. The number of carbonyl (C=O) groups excluding carboxylic acids is 2. The Morgan fingerprint density at radius 3 is 2.43 bits per heavy atom. The average Bonchev–Trinajstić information content (AvgIpc) is 3.55. The third kappa shape index (κ3) is 4.73. The van der Waals surface area contributed by atoms with Crippen LogP contribution in [0.2, 0.25) is 0 Å². The van der Waals surface area contributed by atoms with E-state index in [1.807, 2.05) is 48.5 Å². The number of hydrogen-bond donors (Lipinski definition) is 1. The zero-order valence-corrected chi connectivity index (χ0v) is 16.2. The summed E-state index contributed by atoms with van der Waals surface area (Å²) in [6, 6.07) is 23.6. The summed E-state index contributed by atoms with van der Waals surface area (Å²) in [5.41, 5.74) is 0.685. The molecule has 28 heavy (non-hydrogen) atoms. The van der Waals surface area contributed by atoms with Gasteiger partial charge in [-0.25, -0.2) is 0 Å².